The number of allylic oxidation sites excluding steroid dienone is 10. The average Bonchev–Trinajstić information content (AvgIpc) is 3.37. The molecule has 12 heteroatoms. The molecule has 418 valence electrons. The first-order valence-corrected chi connectivity index (χ1v) is 30.7. The number of phosphoric ester groups is 1. The van der Waals surface area contributed by atoms with Crippen molar-refractivity contribution >= 4 is 25.7 Å². The highest BCUT2D eigenvalue weighted by Crippen LogP contribution is 2.43. The van der Waals surface area contributed by atoms with Crippen molar-refractivity contribution in [2.24, 2.45) is 0 Å². The average molecular weight is 1040 g/mol. The Hall–Kier alpha value is -2.82. The maximum atomic E-state index is 12.9. The van der Waals surface area contributed by atoms with Crippen LogP contribution in [0.3, 0.4) is 0 Å². The van der Waals surface area contributed by atoms with Gasteiger partial charge in [-0.15, -0.1) is 0 Å². The number of aliphatic hydroxyl groups excluding tert-OH is 1. The number of esters is 3. The van der Waals surface area contributed by atoms with Crippen LogP contribution >= 0.6 is 7.82 Å². The van der Waals surface area contributed by atoms with E-state index in [0.29, 0.717) is 19.3 Å². The zero-order chi connectivity index (χ0) is 52.7. The molecule has 0 aromatic carbocycles. The molecule has 0 aliphatic carbocycles. The summed E-state index contributed by atoms with van der Waals surface area (Å²) in [5, 5.41) is 9.81. The van der Waals surface area contributed by atoms with Gasteiger partial charge in [0.25, 0.3) is 0 Å². The van der Waals surface area contributed by atoms with Crippen molar-refractivity contribution < 1.29 is 52.2 Å². The number of aliphatic hydroxyl groups is 1. The summed E-state index contributed by atoms with van der Waals surface area (Å²) in [5.74, 6) is -1.48. The van der Waals surface area contributed by atoms with Crippen LogP contribution in [0.4, 0.5) is 0 Å². The minimum atomic E-state index is -4.75. The van der Waals surface area contributed by atoms with Gasteiger partial charge in [-0.3, -0.25) is 23.4 Å². The minimum absolute atomic E-state index is 0.150. The molecule has 0 rings (SSSR count). The van der Waals surface area contributed by atoms with Crippen molar-refractivity contribution in [3.63, 3.8) is 0 Å². The van der Waals surface area contributed by atoms with Crippen LogP contribution in [0.1, 0.15) is 265 Å². The van der Waals surface area contributed by atoms with E-state index in [1.807, 2.05) is 0 Å². The fraction of sp³-hybridized carbons (Fsp3) is 0.783. The van der Waals surface area contributed by atoms with Crippen LogP contribution in [0.15, 0.2) is 60.8 Å². The van der Waals surface area contributed by atoms with Gasteiger partial charge in [0.2, 0.25) is 0 Å². The van der Waals surface area contributed by atoms with Gasteiger partial charge in [0.15, 0.2) is 6.10 Å². The molecule has 0 saturated carbocycles. The van der Waals surface area contributed by atoms with Crippen molar-refractivity contribution in [3.8, 4) is 0 Å². The van der Waals surface area contributed by atoms with Crippen LogP contribution in [0, 0.1) is 0 Å². The Morgan fingerprint density at radius 2 is 0.736 bits per heavy atom. The van der Waals surface area contributed by atoms with Gasteiger partial charge in [-0.25, -0.2) is 4.57 Å². The summed E-state index contributed by atoms with van der Waals surface area (Å²) in [4.78, 5) is 48.5. The highest BCUT2D eigenvalue weighted by molar-refractivity contribution is 7.47. The minimum Gasteiger partial charge on any atom is -0.462 e. The Bertz CT molecular complexity index is 1440. The summed E-state index contributed by atoms with van der Waals surface area (Å²) < 4.78 is 39.5. The molecule has 0 amide bonds. The van der Waals surface area contributed by atoms with Gasteiger partial charge in [0, 0.05) is 19.3 Å². The monoisotopic (exact) mass is 1030 g/mol. The van der Waals surface area contributed by atoms with E-state index in [9.17, 15) is 28.9 Å². The molecule has 0 spiro atoms. The largest absolute Gasteiger partial charge is 0.472 e. The lowest BCUT2D eigenvalue weighted by molar-refractivity contribution is -0.161. The van der Waals surface area contributed by atoms with Crippen molar-refractivity contribution in [2.45, 2.75) is 277 Å². The lowest BCUT2D eigenvalue weighted by Crippen LogP contribution is -2.30. The van der Waals surface area contributed by atoms with E-state index in [0.717, 1.165) is 122 Å². The molecule has 11 nitrogen and oxygen atoms in total. The second-order valence-corrected chi connectivity index (χ2v) is 20.9. The number of ether oxygens (including phenoxy) is 3. The normalized spacial score (nSPS) is 13.8. The lowest BCUT2D eigenvalue weighted by Gasteiger charge is -2.21. The smallest absolute Gasteiger partial charge is 0.462 e. The van der Waals surface area contributed by atoms with E-state index in [1.165, 1.54) is 83.5 Å². The van der Waals surface area contributed by atoms with Crippen LogP contribution in [0.5, 0.6) is 0 Å². The Morgan fingerprint density at radius 3 is 1.17 bits per heavy atom. The fourth-order valence-corrected chi connectivity index (χ4v) is 8.76. The van der Waals surface area contributed by atoms with Gasteiger partial charge in [-0.2, -0.15) is 0 Å². The molecule has 0 heterocycles. The molecular formula is C60H107O11P. The van der Waals surface area contributed by atoms with E-state index < -0.39 is 57.8 Å². The molecule has 0 radical (unpaired) electrons. The number of hydrogen-bond acceptors (Lipinski definition) is 10. The molecule has 0 saturated heterocycles. The van der Waals surface area contributed by atoms with Gasteiger partial charge in [-0.1, -0.05) is 229 Å². The predicted octanol–water partition coefficient (Wildman–Crippen LogP) is 17.1. The summed E-state index contributed by atoms with van der Waals surface area (Å²) in [5.41, 5.74) is 0. The van der Waals surface area contributed by atoms with Gasteiger partial charge < -0.3 is 24.2 Å². The van der Waals surface area contributed by atoms with Gasteiger partial charge in [0.1, 0.15) is 12.7 Å². The van der Waals surface area contributed by atoms with E-state index in [4.69, 9.17) is 23.3 Å². The summed E-state index contributed by atoms with van der Waals surface area (Å²) in [6.07, 6.45) is 58.9. The van der Waals surface area contributed by atoms with Gasteiger partial charge >= 0.3 is 25.7 Å². The molecule has 0 aromatic heterocycles. The van der Waals surface area contributed by atoms with Crippen molar-refractivity contribution in [2.75, 3.05) is 26.4 Å². The Morgan fingerprint density at radius 1 is 0.403 bits per heavy atom. The van der Waals surface area contributed by atoms with E-state index in [2.05, 4.69) is 81.5 Å². The van der Waals surface area contributed by atoms with Crippen molar-refractivity contribution in [1.82, 2.24) is 0 Å². The third-order valence-corrected chi connectivity index (χ3v) is 13.4. The number of carbonyl (C=O) groups is 3. The summed E-state index contributed by atoms with van der Waals surface area (Å²) in [6.45, 7) is 4.49. The number of phosphoric acid groups is 1. The maximum absolute atomic E-state index is 12.9. The second-order valence-electron chi connectivity index (χ2n) is 19.4. The number of carbonyl (C=O) groups excluding carboxylic acids is 3. The van der Waals surface area contributed by atoms with Crippen LogP contribution in [0.2, 0.25) is 0 Å². The lowest BCUT2D eigenvalue weighted by atomic mass is 10.0. The fourth-order valence-electron chi connectivity index (χ4n) is 7.98. The zero-order valence-electron chi connectivity index (χ0n) is 46.1. The van der Waals surface area contributed by atoms with Gasteiger partial charge in [-0.05, 0) is 77.0 Å². The van der Waals surface area contributed by atoms with Crippen LogP contribution in [-0.2, 0) is 42.2 Å². The molecule has 3 unspecified atom stereocenters. The van der Waals surface area contributed by atoms with Crippen molar-refractivity contribution in [1.29, 1.82) is 0 Å². The van der Waals surface area contributed by atoms with E-state index >= 15 is 0 Å². The Labute approximate surface area is 440 Å². The first kappa shape index (κ1) is 69.2. The molecule has 0 aromatic rings. The summed E-state index contributed by atoms with van der Waals surface area (Å²) in [7, 11) is -4.75. The Balaban J connectivity index is 4.69. The number of rotatable bonds is 54. The Kier molecular flexibility index (Phi) is 52.3. The third-order valence-electron chi connectivity index (χ3n) is 12.4. The first-order chi connectivity index (χ1) is 35.2. The quantitative estimate of drug-likeness (QED) is 0.0197. The molecule has 0 fully saturated rings. The van der Waals surface area contributed by atoms with Crippen LogP contribution in [-0.4, -0.2) is 66.5 Å². The number of hydrogen-bond donors (Lipinski definition) is 2. The molecule has 0 aliphatic rings. The van der Waals surface area contributed by atoms with Crippen LogP contribution in [0.25, 0.3) is 0 Å². The predicted molar refractivity (Wildman–Crippen MR) is 298 cm³/mol. The first-order valence-electron chi connectivity index (χ1n) is 29.2. The molecule has 0 aliphatic heterocycles. The summed E-state index contributed by atoms with van der Waals surface area (Å²) in [6, 6.07) is 0. The zero-order valence-corrected chi connectivity index (χ0v) is 47.0. The third kappa shape index (κ3) is 52.1. The summed E-state index contributed by atoms with van der Waals surface area (Å²) >= 11 is 0. The molecule has 2 N–H and O–H groups in total. The molecule has 0 bridgehead atoms. The van der Waals surface area contributed by atoms with Crippen LogP contribution < -0.4 is 0 Å². The van der Waals surface area contributed by atoms with Crippen molar-refractivity contribution in [3.05, 3.63) is 60.8 Å². The number of unbranched alkanes of at least 4 members (excludes halogenated alkanes) is 27. The molecular weight excluding hydrogens is 928 g/mol. The van der Waals surface area contributed by atoms with E-state index in [-0.39, 0.29) is 25.9 Å². The van der Waals surface area contributed by atoms with E-state index in [1.54, 1.807) is 0 Å². The maximum Gasteiger partial charge on any atom is 0.472 e. The topological polar surface area (TPSA) is 155 Å². The second kappa shape index (κ2) is 54.4. The highest BCUT2D eigenvalue weighted by atomic mass is 31.2. The SMILES string of the molecule is CC/C=C\C/C=C\C/C=C\C/C=C\CCCCCCCCC(=O)OC(COC(=O)CCCCCCC/C=C\CCCC)COP(=O)(O)OCC(CO)OC(=O)CCCCCCCCCCCCCCCCC. The van der Waals surface area contributed by atoms with Gasteiger partial charge in [0.05, 0.1) is 19.8 Å². The standard InChI is InChI=1S/C60H107O11P/c1-4-7-10-13-16-19-22-24-26-27-28-29-31-33-36-39-42-45-48-51-60(64)71-57(53-67-58(62)49-46-43-40-37-34-21-18-15-12-9-6-3)55-69-72(65,66)68-54-56(52-61)70-59(63)50-47-44-41-38-35-32-30-25-23-20-17-14-11-8-5-2/h7,10,15-16,18-19,24,26,28-29,56-57,61H,4-6,8-9,11-14,17,20-23,25,27,30-55H2,1-3H3,(H,65,66)/b10-7-,18-15-,19-16-,26-24-,29-28-. The highest BCUT2D eigenvalue weighted by Gasteiger charge is 2.28. The molecule has 72 heavy (non-hydrogen) atoms. The molecule has 3 atom stereocenters.